The highest BCUT2D eigenvalue weighted by Gasteiger charge is 2.11. The molecule has 0 aliphatic rings. The maximum absolute atomic E-state index is 6.09. The molecule has 0 aliphatic heterocycles. The molecule has 0 atom stereocenters. The van der Waals surface area contributed by atoms with E-state index >= 15 is 0 Å². The number of benzene rings is 4. The van der Waals surface area contributed by atoms with E-state index in [1.165, 1.54) is 47.6 Å². The number of rotatable bonds is 1. The maximum atomic E-state index is 6.09. The Morgan fingerprint density at radius 3 is 2.30 bits per heavy atom. The van der Waals surface area contributed by atoms with Crippen molar-refractivity contribution >= 4 is 53.4 Å². The van der Waals surface area contributed by atoms with Crippen molar-refractivity contribution in [1.29, 1.82) is 0 Å². The van der Waals surface area contributed by atoms with Gasteiger partial charge in [-0.05, 0) is 53.9 Å². The Morgan fingerprint density at radius 1 is 0.630 bits per heavy atom. The smallest absolute Gasteiger partial charge is 0.138 e. The Bertz CT molecular complexity index is 1480. The molecule has 0 saturated heterocycles. The summed E-state index contributed by atoms with van der Waals surface area (Å²) in [6.45, 7) is 2.10. The highest BCUT2D eigenvalue weighted by Crippen LogP contribution is 2.38. The van der Waals surface area contributed by atoms with Gasteiger partial charge in [-0.3, -0.25) is 0 Å². The van der Waals surface area contributed by atoms with Crippen LogP contribution >= 0.6 is 11.3 Å². The van der Waals surface area contributed by atoms with Gasteiger partial charge in [0, 0.05) is 30.9 Å². The van der Waals surface area contributed by atoms with Gasteiger partial charge >= 0.3 is 0 Å². The van der Waals surface area contributed by atoms with Gasteiger partial charge in [-0.25, -0.2) is 0 Å². The van der Waals surface area contributed by atoms with E-state index in [4.69, 9.17) is 4.42 Å². The molecule has 0 radical (unpaired) electrons. The van der Waals surface area contributed by atoms with Crippen molar-refractivity contribution in [3.63, 3.8) is 0 Å². The van der Waals surface area contributed by atoms with Crippen LogP contribution in [0.1, 0.15) is 5.56 Å². The molecule has 0 N–H and O–H groups in total. The summed E-state index contributed by atoms with van der Waals surface area (Å²) in [6.07, 6.45) is 0. The van der Waals surface area contributed by atoms with Crippen LogP contribution in [0.4, 0.5) is 0 Å². The molecule has 0 saturated carbocycles. The van der Waals surface area contributed by atoms with E-state index in [0.29, 0.717) is 0 Å². The first-order chi connectivity index (χ1) is 13.3. The summed E-state index contributed by atoms with van der Waals surface area (Å²) in [5.41, 5.74) is 5.59. The molecule has 27 heavy (non-hydrogen) atoms. The minimum absolute atomic E-state index is 0.949. The van der Waals surface area contributed by atoms with Crippen LogP contribution < -0.4 is 0 Å². The SMILES string of the molecule is Cc1cccc2c1oc1ccc(-c3ccc4sc5ccccc5c4c3)cc12. The summed E-state index contributed by atoms with van der Waals surface area (Å²) in [4.78, 5) is 0. The van der Waals surface area contributed by atoms with Crippen LogP contribution in [0.2, 0.25) is 0 Å². The van der Waals surface area contributed by atoms with Crippen LogP contribution in [0.15, 0.2) is 83.3 Å². The second-order valence-corrected chi connectivity index (χ2v) is 8.16. The lowest BCUT2D eigenvalue weighted by Gasteiger charge is -2.03. The third kappa shape index (κ3) is 2.17. The zero-order chi connectivity index (χ0) is 18.0. The van der Waals surface area contributed by atoms with E-state index in [0.717, 1.165) is 11.2 Å². The Balaban J connectivity index is 1.61. The summed E-state index contributed by atoms with van der Waals surface area (Å²) in [7, 11) is 0. The molecule has 1 nitrogen and oxygen atoms in total. The molecule has 0 unspecified atom stereocenters. The Kier molecular flexibility index (Phi) is 3.03. The minimum Gasteiger partial charge on any atom is -0.456 e. The third-order valence-corrected chi connectivity index (χ3v) is 6.56. The van der Waals surface area contributed by atoms with E-state index in [-0.39, 0.29) is 0 Å². The van der Waals surface area contributed by atoms with Crippen LogP contribution in [-0.2, 0) is 0 Å². The summed E-state index contributed by atoms with van der Waals surface area (Å²) >= 11 is 1.86. The zero-order valence-electron chi connectivity index (χ0n) is 14.8. The molecule has 6 aromatic rings. The van der Waals surface area contributed by atoms with Gasteiger partial charge < -0.3 is 4.42 Å². The predicted molar refractivity (Wildman–Crippen MR) is 117 cm³/mol. The van der Waals surface area contributed by atoms with Crippen molar-refractivity contribution in [3.05, 3.63) is 84.4 Å². The fraction of sp³-hybridized carbons (Fsp3) is 0.0400. The second kappa shape index (κ2) is 5.45. The minimum atomic E-state index is 0.949. The molecule has 0 amide bonds. The van der Waals surface area contributed by atoms with E-state index in [1.807, 2.05) is 11.3 Å². The molecule has 2 aromatic heterocycles. The van der Waals surface area contributed by atoms with Gasteiger partial charge in [-0.1, -0.05) is 48.5 Å². The second-order valence-electron chi connectivity index (χ2n) is 7.07. The molecular weight excluding hydrogens is 348 g/mol. The molecular formula is C25H16OS. The first kappa shape index (κ1) is 15.0. The van der Waals surface area contributed by atoms with E-state index in [1.54, 1.807) is 0 Å². The molecule has 0 spiro atoms. The third-order valence-electron chi connectivity index (χ3n) is 5.40. The van der Waals surface area contributed by atoms with Crippen molar-refractivity contribution in [2.75, 3.05) is 0 Å². The standard InChI is InChI=1S/C25H16OS/c1-15-5-4-7-19-20-13-16(9-11-22(20)26-25(15)19)17-10-12-24-21(14-17)18-6-2-3-8-23(18)27-24/h2-14H,1H3. The van der Waals surface area contributed by atoms with Crippen LogP contribution in [0.25, 0.3) is 53.2 Å². The van der Waals surface area contributed by atoms with E-state index in [2.05, 4.69) is 85.8 Å². The average Bonchev–Trinajstić information content (AvgIpc) is 3.26. The normalized spacial score (nSPS) is 11.9. The Hall–Kier alpha value is -3.10. The van der Waals surface area contributed by atoms with Crippen molar-refractivity contribution in [1.82, 2.24) is 0 Å². The Morgan fingerprint density at radius 2 is 1.37 bits per heavy atom. The van der Waals surface area contributed by atoms with Crippen LogP contribution in [-0.4, -0.2) is 0 Å². The van der Waals surface area contributed by atoms with Crippen LogP contribution in [0, 0.1) is 6.92 Å². The molecule has 0 fully saturated rings. The number of thiophene rings is 1. The highest BCUT2D eigenvalue weighted by atomic mass is 32.1. The van der Waals surface area contributed by atoms with Crippen molar-refractivity contribution in [2.24, 2.45) is 0 Å². The molecule has 6 rings (SSSR count). The van der Waals surface area contributed by atoms with Gasteiger partial charge in [0.15, 0.2) is 0 Å². The Labute approximate surface area is 160 Å². The number of fused-ring (bicyclic) bond motifs is 6. The molecule has 0 aliphatic carbocycles. The topological polar surface area (TPSA) is 13.1 Å². The van der Waals surface area contributed by atoms with Gasteiger partial charge in [0.25, 0.3) is 0 Å². The number of furan rings is 1. The lowest BCUT2D eigenvalue weighted by Crippen LogP contribution is -1.78. The first-order valence-electron chi connectivity index (χ1n) is 9.11. The summed E-state index contributed by atoms with van der Waals surface area (Å²) in [6, 6.07) is 28.3. The molecule has 128 valence electrons. The van der Waals surface area contributed by atoms with Gasteiger partial charge in [0.05, 0.1) is 0 Å². The van der Waals surface area contributed by atoms with Crippen LogP contribution in [0.3, 0.4) is 0 Å². The summed E-state index contributed by atoms with van der Waals surface area (Å²) in [5, 5.41) is 5.04. The number of hydrogen-bond acceptors (Lipinski definition) is 2. The maximum Gasteiger partial charge on any atom is 0.138 e. The summed E-state index contributed by atoms with van der Waals surface area (Å²) in [5.74, 6) is 0. The molecule has 2 heteroatoms. The van der Waals surface area contributed by atoms with Gasteiger partial charge in [-0.2, -0.15) is 0 Å². The zero-order valence-corrected chi connectivity index (χ0v) is 15.6. The fourth-order valence-electron chi connectivity index (χ4n) is 4.02. The highest BCUT2D eigenvalue weighted by molar-refractivity contribution is 7.25. The van der Waals surface area contributed by atoms with E-state index < -0.39 is 0 Å². The largest absolute Gasteiger partial charge is 0.456 e. The predicted octanol–water partition coefficient (Wildman–Crippen LogP) is 7.93. The molecule has 2 heterocycles. The molecule has 4 aromatic carbocycles. The van der Waals surface area contributed by atoms with Gasteiger partial charge in [0.1, 0.15) is 11.2 Å². The lowest BCUT2D eigenvalue weighted by molar-refractivity contribution is 0.666. The quantitative estimate of drug-likeness (QED) is 0.289. The van der Waals surface area contributed by atoms with Crippen molar-refractivity contribution in [3.8, 4) is 11.1 Å². The molecule has 0 bridgehead atoms. The average molecular weight is 364 g/mol. The number of hydrogen-bond donors (Lipinski definition) is 0. The monoisotopic (exact) mass is 364 g/mol. The summed E-state index contributed by atoms with van der Waals surface area (Å²) < 4.78 is 8.77. The fourth-order valence-corrected chi connectivity index (χ4v) is 5.11. The lowest BCUT2D eigenvalue weighted by atomic mass is 10.0. The number of aryl methyl sites for hydroxylation is 1. The van der Waals surface area contributed by atoms with Crippen LogP contribution in [0.5, 0.6) is 0 Å². The van der Waals surface area contributed by atoms with Gasteiger partial charge in [-0.15, -0.1) is 11.3 Å². The number of para-hydroxylation sites is 1. The van der Waals surface area contributed by atoms with Crippen molar-refractivity contribution in [2.45, 2.75) is 6.92 Å². The first-order valence-corrected chi connectivity index (χ1v) is 9.93. The van der Waals surface area contributed by atoms with Crippen molar-refractivity contribution < 1.29 is 4.42 Å². The van der Waals surface area contributed by atoms with E-state index in [9.17, 15) is 0 Å². The van der Waals surface area contributed by atoms with Gasteiger partial charge in [0.2, 0.25) is 0 Å².